The first-order valence-corrected chi connectivity index (χ1v) is 6.63. The Labute approximate surface area is 117 Å². The van der Waals surface area contributed by atoms with Gasteiger partial charge in [0.15, 0.2) is 0 Å². The van der Waals surface area contributed by atoms with Crippen molar-refractivity contribution in [1.29, 1.82) is 0 Å². The molecule has 0 aliphatic rings. The molecule has 0 radical (unpaired) electrons. The second-order valence-corrected chi connectivity index (χ2v) is 4.56. The molecule has 0 saturated heterocycles. The van der Waals surface area contributed by atoms with Crippen molar-refractivity contribution >= 4 is 11.6 Å². The molecule has 6 heteroatoms. The lowest BCUT2D eigenvalue weighted by molar-refractivity contribution is -0.117. The summed E-state index contributed by atoms with van der Waals surface area (Å²) >= 11 is 0. The van der Waals surface area contributed by atoms with Crippen LogP contribution in [0.2, 0.25) is 0 Å². The molecule has 0 unspecified atom stereocenters. The van der Waals surface area contributed by atoms with Gasteiger partial charge in [0, 0.05) is 11.3 Å². The molecule has 0 spiro atoms. The van der Waals surface area contributed by atoms with E-state index in [4.69, 9.17) is 10.2 Å². The average molecular weight is 274 g/mol. The fourth-order valence-electron chi connectivity index (χ4n) is 1.79. The topological polar surface area (TPSA) is 94.0 Å². The summed E-state index contributed by atoms with van der Waals surface area (Å²) in [4.78, 5) is 11.9. The van der Waals surface area contributed by atoms with E-state index in [0.717, 1.165) is 18.4 Å². The molecule has 0 fully saturated rings. The van der Waals surface area contributed by atoms with Crippen molar-refractivity contribution in [2.24, 2.45) is 5.73 Å². The Kier molecular flexibility index (Phi) is 4.84. The zero-order valence-electron chi connectivity index (χ0n) is 11.4. The molecule has 1 aromatic heterocycles. The number of carbonyl (C=O) groups is 1. The number of nitrogens with two attached hydrogens (primary N) is 1. The summed E-state index contributed by atoms with van der Waals surface area (Å²) in [6.45, 7) is 2.07. The van der Waals surface area contributed by atoms with Crippen molar-refractivity contribution in [1.82, 2.24) is 10.2 Å². The first-order valence-electron chi connectivity index (χ1n) is 6.63. The number of anilines is 1. The molecule has 3 N–H and O–H groups in total. The predicted molar refractivity (Wildman–Crippen MR) is 75.9 cm³/mol. The third-order valence-electron chi connectivity index (χ3n) is 2.96. The van der Waals surface area contributed by atoms with Gasteiger partial charge in [-0.3, -0.25) is 4.79 Å². The van der Waals surface area contributed by atoms with E-state index >= 15 is 0 Å². The van der Waals surface area contributed by atoms with E-state index in [2.05, 4.69) is 22.4 Å². The van der Waals surface area contributed by atoms with Crippen LogP contribution in [0.3, 0.4) is 0 Å². The molecule has 0 saturated carbocycles. The van der Waals surface area contributed by atoms with Gasteiger partial charge in [0.2, 0.25) is 18.2 Å². The number of rotatable bonds is 6. The van der Waals surface area contributed by atoms with Crippen molar-refractivity contribution in [2.75, 3.05) is 5.32 Å². The number of hydrogen-bond donors (Lipinski definition) is 2. The van der Waals surface area contributed by atoms with Crippen molar-refractivity contribution in [2.45, 2.75) is 32.2 Å². The van der Waals surface area contributed by atoms with Gasteiger partial charge in [-0.15, -0.1) is 10.2 Å². The predicted octanol–water partition coefficient (Wildman–Crippen LogP) is 2.19. The molecule has 0 aliphatic heterocycles. The number of nitrogens with one attached hydrogen (secondary N) is 1. The summed E-state index contributed by atoms with van der Waals surface area (Å²) < 4.78 is 5.09. The van der Waals surface area contributed by atoms with Crippen LogP contribution in [0.15, 0.2) is 35.1 Å². The fourth-order valence-corrected chi connectivity index (χ4v) is 1.79. The van der Waals surface area contributed by atoms with Crippen molar-refractivity contribution < 1.29 is 9.21 Å². The van der Waals surface area contributed by atoms with Crippen LogP contribution in [0.4, 0.5) is 5.69 Å². The number of nitrogens with zero attached hydrogens (tertiary/aromatic N) is 2. The number of benzene rings is 1. The highest BCUT2D eigenvalue weighted by molar-refractivity contribution is 5.94. The highest BCUT2D eigenvalue weighted by atomic mass is 16.4. The van der Waals surface area contributed by atoms with E-state index < -0.39 is 6.04 Å². The number of unbranched alkanes of at least 4 members (excludes halogenated alkanes) is 1. The summed E-state index contributed by atoms with van der Waals surface area (Å²) in [7, 11) is 0. The van der Waals surface area contributed by atoms with Crippen LogP contribution in [-0.2, 0) is 4.79 Å². The third-order valence-corrected chi connectivity index (χ3v) is 2.96. The van der Waals surface area contributed by atoms with Crippen LogP contribution in [0.25, 0.3) is 11.5 Å². The zero-order valence-corrected chi connectivity index (χ0v) is 11.4. The monoisotopic (exact) mass is 274 g/mol. The molecule has 2 rings (SSSR count). The Hall–Kier alpha value is -2.21. The zero-order chi connectivity index (χ0) is 14.4. The van der Waals surface area contributed by atoms with Gasteiger partial charge in [0.05, 0.1) is 6.04 Å². The molecular formula is C14H18N4O2. The highest BCUT2D eigenvalue weighted by Gasteiger charge is 2.13. The molecule has 1 amide bonds. The smallest absolute Gasteiger partial charge is 0.247 e. The summed E-state index contributed by atoms with van der Waals surface area (Å²) in [5.74, 6) is 0.284. The van der Waals surface area contributed by atoms with Gasteiger partial charge in [-0.1, -0.05) is 19.8 Å². The van der Waals surface area contributed by atoms with Crippen molar-refractivity contribution in [3.63, 3.8) is 0 Å². The number of hydrogen-bond acceptors (Lipinski definition) is 5. The Morgan fingerprint density at radius 2 is 2.15 bits per heavy atom. The molecule has 2 aromatic rings. The standard InChI is InChI=1S/C14H18N4O2/c1-2-3-4-12(15)13(19)17-11-7-5-10(6-8-11)14-18-16-9-20-14/h5-9,12H,2-4,15H2,1H3,(H,17,19)/t12-/m0/s1. The minimum Gasteiger partial charge on any atom is -0.423 e. The normalized spacial score (nSPS) is 12.1. The molecule has 20 heavy (non-hydrogen) atoms. The third kappa shape index (κ3) is 3.64. The summed E-state index contributed by atoms with van der Waals surface area (Å²) in [6, 6.07) is 6.71. The minimum atomic E-state index is -0.467. The van der Waals surface area contributed by atoms with Crippen LogP contribution in [0, 0.1) is 0 Å². The van der Waals surface area contributed by atoms with E-state index in [1.54, 1.807) is 24.3 Å². The van der Waals surface area contributed by atoms with E-state index in [1.807, 2.05) is 0 Å². The minimum absolute atomic E-state index is 0.163. The van der Waals surface area contributed by atoms with E-state index in [-0.39, 0.29) is 5.91 Å². The van der Waals surface area contributed by atoms with Gasteiger partial charge in [0.25, 0.3) is 0 Å². The number of amides is 1. The van der Waals surface area contributed by atoms with Crippen LogP contribution in [0.1, 0.15) is 26.2 Å². The average Bonchev–Trinajstić information content (AvgIpc) is 2.99. The van der Waals surface area contributed by atoms with Gasteiger partial charge in [-0.05, 0) is 30.7 Å². The maximum Gasteiger partial charge on any atom is 0.247 e. The molecular weight excluding hydrogens is 256 g/mol. The van der Waals surface area contributed by atoms with Crippen molar-refractivity contribution in [3.8, 4) is 11.5 Å². The second-order valence-electron chi connectivity index (χ2n) is 4.56. The lowest BCUT2D eigenvalue weighted by Gasteiger charge is -2.11. The van der Waals surface area contributed by atoms with Gasteiger partial charge in [-0.25, -0.2) is 0 Å². The Morgan fingerprint density at radius 3 is 2.75 bits per heavy atom. The SMILES string of the molecule is CCCC[C@H](N)C(=O)Nc1ccc(-c2nnco2)cc1. The molecule has 1 aromatic carbocycles. The fraction of sp³-hybridized carbons (Fsp3) is 0.357. The van der Waals surface area contributed by atoms with Gasteiger partial charge in [0.1, 0.15) is 0 Å². The largest absolute Gasteiger partial charge is 0.423 e. The Bertz CT molecular complexity index is 537. The molecule has 6 nitrogen and oxygen atoms in total. The molecule has 1 heterocycles. The molecule has 106 valence electrons. The van der Waals surface area contributed by atoms with Gasteiger partial charge in [-0.2, -0.15) is 0 Å². The molecule has 0 bridgehead atoms. The van der Waals surface area contributed by atoms with Crippen molar-refractivity contribution in [3.05, 3.63) is 30.7 Å². The van der Waals surface area contributed by atoms with Crippen LogP contribution in [-0.4, -0.2) is 22.1 Å². The summed E-state index contributed by atoms with van der Waals surface area (Å²) in [6.07, 6.45) is 3.95. The lowest BCUT2D eigenvalue weighted by Crippen LogP contribution is -2.35. The van der Waals surface area contributed by atoms with Crippen LogP contribution < -0.4 is 11.1 Å². The maximum atomic E-state index is 11.9. The lowest BCUT2D eigenvalue weighted by atomic mass is 10.1. The van der Waals surface area contributed by atoms with E-state index in [0.29, 0.717) is 18.0 Å². The quantitative estimate of drug-likeness (QED) is 0.842. The first kappa shape index (κ1) is 14.2. The summed E-state index contributed by atoms with van der Waals surface area (Å²) in [5, 5.41) is 10.2. The van der Waals surface area contributed by atoms with Crippen LogP contribution >= 0.6 is 0 Å². The van der Waals surface area contributed by atoms with E-state index in [1.165, 1.54) is 6.39 Å². The number of carbonyl (C=O) groups excluding carboxylic acids is 1. The Balaban J connectivity index is 1.95. The Morgan fingerprint density at radius 1 is 1.40 bits per heavy atom. The maximum absolute atomic E-state index is 11.9. The van der Waals surface area contributed by atoms with Gasteiger partial charge < -0.3 is 15.5 Å². The van der Waals surface area contributed by atoms with Gasteiger partial charge >= 0.3 is 0 Å². The molecule has 1 atom stereocenters. The number of aromatic nitrogens is 2. The van der Waals surface area contributed by atoms with E-state index in [9.17, 15) is 4.79 Å². The highest BCUT2D eigenvalue weighted by Crippen LogP contribution is 2.19. The van der Waals surface area contributed by atoms with Crippen LogP contribution in [0.5, 0.6) is 0 Å². The summed E-state index contributed by atoms with van der Waals surface area (Å²) in [5.41, 5.74) is 7.31. The second kappa shape index (κ2) is 6.81. The first-order chi connectivity index (χ1) is 9.70. The molecule has 0 aliphatic carbocycles.